The molecule has 1 heterocycles. The van der Waals surface area contributed by atoms with Crippen molar-refractivity contribution in [3.05, 3.63) is 66.2 Å². The van der Waals surface area contributed by atoms with Crippen molar-refractivity contribution in [2.75, 3.05) is 13.3 Å². The molecule has 3 rings (SSSR count). The van der Waals surface area contributed by atoms with Crippen molar-refractivity contribution in [1.82, 2.24) is 4.31 Å². The number of hydrogen-bond acceptors (Lipinski definition) is 6. The lowest BCUT2D eigenvalue weighted by molar-refractivity contribution is -0.297. The Morgan fingerprint density at radius 1 is 1.13 bits per heavy atom. The second-order valence-electron chi connectivity index (χ2n) is 8.02. The maximum atomic E-state index is 13.5. The number of carbonyl (C=O) groups is 1. The minimum absolute atomic E-state index is 0.0800. The third-order valence-electron chi connectivity index (χ3n) is 5.18. The lowest BCUT2D eigenvalue weighted by Gasteiger charge is -2.45. The fourth-order valence-electron chi connectivity index (χ4n) is 3.50. The summed E-state index contributed by atoms with van der Waals surface area (Å²) in [6, 6.07) is 16.9. The van der Waals surface area contributed by atoms with E-state index in [1.54, 1.807) is 39.0 Å². The average molecular weight is 448 g/mol. The molecule has 8 heteroatoms. The SMILES string of the molecule is C[C@@H](C=O)[C@@H]1OC(C)(C)OC[C@@H]1N(COCc1ccccc1)S(=O)(=O)c1ccccc1. The van der Waals surface area contributed by atoms with Gasteiger partial charge in [-0.25, -0.2) is 8.42 Å². The summed E-state index contributed by atoms with van der Waals surface area (Å²) >= 11 is 0. The van der Waals surface area contributed by atoms with Gasteiger partial charge in [-0.2, -0.15) is 4.31 Å². The lowest BCUT2D eigenvalue weighted by Crippen LogP contribution is -2.59. The molecule has 31 heavy (non-hydrogen) atoms. The predicted octanol–water partition coefficient (Wildman–Crippen LogP) is 3.21. The molecule has 0 amide bonds. The predicted molar refractivity (Wildman–Crippen MR) is 115 cm³/mol. The molecule has 0 N–H and O–H groups in total. The minimum Gasteiger partial charge on any atom is -0.360 e. The first-order valence-electron chi connectivity index (χ1n) is 10.2. The smallest absolute Gasteiger partial charge is 0.245 e. The molecule has 2 aromatic carbocycles. The van der Waals surface area contributed by atoms with Crippen molar-refractivity contribution in [2.24, 2.45) is 5.92 Å². The molecule has 1 fully saturated rings. The van der Waals surface area contributed by atoms with Crippen LogP contribution in [-0.4, -0.2) is 50.3 Å². The summed E-state index contributed by atoms with van der Waals surface area (Å²) in [6.45, 7) is 5.33. The molecular weight excluding hydrogens is 418 g/mol. The van der Waals surface area contributed by atoms with Crippen LogP contribution in [0.25, 0.3) is 0 Å². The second kappa shape index (κ2) is 10.0. The summed E-state index contributed by atoms with van der Waals surface area (Å²) in [7, 11) is -3.93. The van der Waals surface area contributed by atoms with Crippen LogP contribution in [0.15, 0.2) is 65.6 Å². The highest BCUT2D eigenvalue weighted by molar-refractivity contribution is 7.89. The second-order valence-corrected chi connectivity index (χ2v) is 9.91. The van der Waals surface area contributed by atoms with Crippen LogP contribution in [0.5, 0.6) is 0 Å². The van der Waals surface area contributed by atoms with E-state index in [0.29, 0.717) is 0 Å². The fourth-order valence-corrected chi connectivity index (χ4v) is 5.02. The van der Waals surface area contributed by atoms with Crippen LogP contribution >= 0.6 is 0 Å². The van der Waals surface area contributed by atoms with Crippen molar-refractivity contribution in [1.29, 1.82) is 0 Å². The topological polar surface area (TPSA) is 82.1 Å². The summed E-state index contributed by atoms with van der Waals surface area (Å²) in [4.78, 5) is 11.7. The number of nitrogens with zero attached hydrogens (tertiary/aromatic N) is 1. The van der Waals surface area contributed by atoms with Gasteiger partial charge in [-0.05, 0) is 31.5 Å². The van der Waals surface area contributed by atoms with E-state index >= 15 is 0 Å². The molecule has 2 aromatic rings. The van der Waals surface area contributed by atoms with Crippen LogP contribution in [-0.2, 0) is 35.6 Å². The van der Waals surface area contributed by atoms with Gasteiger partial charge < -0.3 is 19.0 Å². The van der Waals surface area contributed by atoms with Crippen LogP contribution in [0.4, 0.5) is 0 Å². The molecule has 1 saturated heterocycles. The standard InChI is InChI=1S/C23H29NO6S/c1-18(14-25)22-21(16-29-23(2,3)30-22)24(17-28-15-19-10-6-4-7-11-19)31(26,27)20-12-8-5-9-13-20/h4-14,18,21-22H,15-17H2,1-3H3/t18-,21-,22-/m0/s1. The lowest BCUT2D eigenvalue weighted by atomic mass is 9.97. The molecule has 1 aliphatic rings. The van der Waals surface area contributed by atoms with Gasteiger partial charge in [0.15, 0.2) is 5.79 Å². The van der Waals surface area contributed by atoms with Gasteiger partial charge >= 0.3 is 0 Å². The molecule has 0 spiro atoms. The molecular formula is C23H29NO6S. The number of rotatable bonds is 9. The monoisotopic (exact) mass is 447 g/mol. The molecule has 168 valence electrons. The van der Waals surface area contributed by atoms with Crippen LogP contribution in [0.1, 0.15) is 26.3 Å². The molecule has 0 unspecified atom stereocenters. The first-order chi connectivity index (χ1) is 14.7. The van der Waals surface area contributed by atoms with E-state index in [4.69, 9.17) is 14.2 Å². The Hall–Kier alpha value is -2.10. The van der Waals surface area contributed by atoms with Gasteiger partial charge in [0.2, 0.25) is 10.0 Å². The molecule has 0 saturated carbocycles. The van der Waals surface area contributed by atoms with Gasteiger partial charge in [0.25, 0.3) is 0 Å². The Kier molecular flexibility index (Phi) is 7.61. The molecule has 0 aliphatic carbocycles. The van der Waals surface area contributed by atoms with Crippen LogP contribution in [0.2, 0.25) is 0 Å². The zero-order chi connectivity index (χ0) is 22.5. The van der Waals surface area contributed by atoms with Gasteiger partial charge in [0.1, 0.15) is 13.0 Å². The molecule has 0 bridgehead atoms. The first-order valence-corrected chi connectivity index (χ1v) is 11.6. The Morgan fingerprint density at radius 2 is 1.74 bits per heavy atom. The van der Waals surface area contributed by atoms with Crippen molar-refractivity contribution in [3.63, 3.8) is 0 Å². The van der Waals surface area contributed by atoms with E-state index < -0.39 is 33.9 Å². The first kappa shape index (κ1) is 23.6. The normalized spacial score (nSPS) is 22.2. The number of aldehydes is 1. The largest absolute Gasteiger partial charge is 0.360 e. The van der Waals surface area contributed by atoms with Crippen LogP contribution in [0.3, 0.4) is 0 Å². The van der Waals surface area contributed by atoms with Gasteiger partial charge in [-0.1, -0.05) is 55.5 Å². The molecule has 1 aliphatic heterocycles. The Morgan fingerprint density at radius 3 is 2.35 bits per heavy atom. The third-order valence-corrected chi connectivity index (χ3v) is 7.05. The highest BCUT2D eigenvalue weighted by atomic mass is 32.2. The zero-order valence-corrected chi connectivity index (χ0v) is 18.8. The number of hydrogen-bond donors (Lipinski definition) is 0. The van der Waals surface area contributed by atoms with E-state index in [2.05, 4.69) is 0 Å². The highest BCUT2D eigenvalue weighted by Crippen LogP contribution is 2.32. The molecule has 0 aromatic heterocycles. The summed E-state index contributed by atoms with van der Waals surface area (Å²) in [5.74, 6) is -1.46. The fraction of sp³-hybridized carbons (Fsp3) is 0.435. The van der Waals surface area contributed by atoms with E-state index in [1.807, 2.05) is 30.3 Å². The van der Waals surface area contributed by atoms with Gasteiger partial charge in [0.05, 0.1) is 30.3 Å². The molecule has 7 nitrogen and oxygen atoms in total. The maximum Gasteiger partial charge on any atom is 0.245 e. The Labute approximate surface area is 184 Å². The summed E-state index contributed by atoms with van der Waals surface area (Å²) in [5, 5.41) is 0. The van der Waals surface area contributed by atoms with Crippen molar-refractivity contribution in [2.45, 2.75) is 50.2 Å². The summed E-state index contributed by atoms with van der Waals surface area (Å²) < 4.78 is 45.9. The van der Waals surface area contributed by atoms with Crippen LogP contribution in [0, 0.1) is 5.92 Å². The number of carbonyl (C=O) groups excluding carboxylic acids is 1. The van der Waals surface area contributed by atoms with E-state index in [0.717, 1.165) is 11.8 Å². The zero-order valence-electron chi connectivity index (χ0n) is 18.0. The Bertz CT molecular complexity index is 949. The van der Waals surface area contributed by atoms with Crippen molar-refractivity contribution >= 4 is 16.3 Å². The maximum absolute atomic E-state index is 13.5. The minimum atomic E-state index is -3.93. The van der Waals surface area contributed by atoms with Crippen molar-refractivity contribution in [3.8, 4) is 0 Å². The number of benzene rings is 2. The average Bonchev–Trinajstić information content (AvgIpc) is 2.77. The summed E-state index contributed by atoms with van der Waals surface area (Å²) in [6.07, 6.45) is 0.0945. The van der Waals surface area contributed by atoms with E-state index in [9.17, 15) is 13.2 Å². The number of sulfonamides is 1. The van der Waals surface area contributed by atoms with Gasteiger partial charge in [0, 0.05) is 5.92 Å². The van der Waals surface area contributed by atoms with Gasteiger partial charge in [-0.15, -0.1) is 0 Å². The quantitative estimate of drug-likeness (QED) is 0.434. The van der Waals surface area contributed by atoms with E-state index in [1.165, 1.54) is 16.4 Å². The van der Waals surface area contributed by atoms with E-state index in [-0.39, 0.29) is 24.8 Å². The highest BCUT2D eigenvalue weighted by Gasteiger charge is 2.46. The van der Waals surface area contributed by atoms with Gasteiger partial charge in [-0.3, -0.25) is 0 Å². The third kappa shape index (κ3) is 5.78. The number of ether oxygens (including phenoxy) is 3. The summed E-state index contributed by atoms with van der Waals surface area (Å²) in [5.41, 5.74) is 0.926. The van der Waals surface area contributed by atoms with Crippen molar-refractivity contribution < 1.29 is 27.4 Å². The molecule has 0 radical (unpaired) electrons. The Balaban J connectivity index is 1.91. The molecule has 3 atom stereocenters. The van der Waals surface area contributed by atoms with Crippen LogP contribution < -0.4 is 0 Å².